The highest BCUT2D eigenvalue weighted by atomic mass is 19.3. The Bertz CT molecular complexity index is 410. The van der Waals surface area contributed by atoms with Gasteiger partial charge >= 0.3 is 35.6 Å². The van der Waals surface area contributed by atoms with Crippen LogP contribution in [0.25, 0.3) is 0 Å². The van der Waals surface area contributed by atoms with E-state index in [1.807, 2.05) is 0 Å². The summed E-state index contributed by atoms with van der Waals surface area (Å²) in [5.41, 5.74) is 0. The van der Waals surface area contributed by atoms with Gasteiger partial charge in [-0.15, -0.1) is 9.88 Å². The van der Waals surface area contributed by atoms with Gasteiger partial charge in [-0.05, 0) is 9.05 Å². The molecule has 0 bridgehead atoms. The number of hydrogen-bond acceptors (Lipinski definition) is 6. The van der Waals surface area contributed by atoms with Crippen molar-refractivity contribution in [1.29, 1.82) is 0 Å². The van der Waals surface area contributed by atoms with E-state index in [4.69, 9.17) is 15.3 Å². The van der Waals surface area contributed by atoms with E-state index in [0.29, 0.717) is 0 Å². The Morgan fingerprint density at radius 3 is 1.38 bits per heavy atom. The summed E-state index contributed by atoms with van der Waals surface area (Å²) in [6.45, 7) is 0. The van der Waals surface area contributed by atoms with Crippen LogP contribution in [0.2, 0.25) is 0 Å². The van der Waals surface area contributed by atoms with Gasteiger partial charge in [-0.3, -0.25) is 4.79 Å². The van der Waals surface area contributed by atoms with Crippen molar-refractivity contribution >= 4 is 6.04 Å². The Balaban J connectivity index is 6.34. The fourth-order valence-electron chi connectivity index (χ4n) is 0.932. The standard InChI is InChI=1S/C6H3F9O6/c7-1(16)2(8,20-14)5(11,21-15)3(9,17)4(10,18)6(12,13)19/h17-19H/t2-,3+,4-,5+/m0/s1. The molecule has 0 saturated carbocycles. The van der Waals surface area contributed by atoms with Crippen LogP contribution in [-0.2, 0) is 14.7 Å². The van der Waals surface area contributed by atoms with Gasteiger partial charge in [0.25, 0.3) is 0 Å². The first-order valence-corrected chi connectivity index (χ1v) is 4.16. The van der Waals surface area contributed by atoms with Gasteiger partial charge in [-0.1, -0.05) is 0 Å². The third-order valence-electron chi connectivity index (χ3n) is 2.14. The highest BCUT2D eigenvalue weighted by Gasteiger charge is 2.87. The zero-order valence-corrected chi connectivity index (χ0v) is 8.97. The molecule has 21 heavy (non-hydrogen) atoms. The van der Waals surface area contributed by atoms with Gasteiger partial charge in [0.2, 0.25) is 0 Å². The van der Waals surface area contributed by atoms with Gasteiger partial charge in [-0.2, -0.15) is 30.7 Å². The van der Waals surface area contributed by atoms with E-state index in [1.54, 1.807) is 0 Å². The Kier molecular flexibility index (Phi) is 4.95. The molecule has 0 aromatic rings. The second-order valence-electron chi connectivity index (χ2n) is 3.40. The molecule has 15 heteroatoms. The molecule has 0 aliphatic heterocycles. The predicted molar refractivity (Wildman–Crippen MR) is 37.5 cm³/mol. The molecule has 6 nitrogen and oxygen atoms in total. The molecule has 126 valence electrons. The lowest BCUT2D eigenvalue weighted by Crippen LogP contribution is -2.75. The van der Waals surface area contributed by atoms with Crippen LogP contribution in [-0.4, -0.2) is 50.9 Å². The minimum Gasteiger partial charge on any atom is -0.352 e. The molecule has 0 spiro atoms. The summed E-state index contributed by atoms with van der Waals surface area (Å²) in [7, 11) is 0. The first kappa shape index (κ1) is 19.8. The molecule has 0 rings (SSSR count). The summed E-state index contributed by atoms with van der Waals surface area (Å²) in [4.78, 5) is 12.9. The smallest absolute Gasteiger partial charge is 0.352 e. The molecule has 0 heterocycles. The Labute approximate surface area is 107 Å². The van der Waals surface area contributed by atoms with Crippen molar-refractivity contribution in [2.75, 3.05) is 0 Å². The van der Waals surface area contributed by atoms with E-state index in [2.05, 4.69) is 0 Å². The molecule has 0 radical (unpaired) electrons. The van der Waals surface area contributed by atoms with Crippen LogP contribution in [0.4, 0.5) is 39.8 Å². The second kappa shape index (κ2) is 5.24. The van der Waals surface area contributed by atoms with Crippen molar-refractivity contribution in [2.45, 2.75) is 29.5 Å². The number of carbonyl (C=O) groups excluding carboxylic acids is 1. The molecule has 0 amide bonds. The van der Waals surface area contributed by atoms with Gasteiger partial charge in [0, 0.05) is 0 Å². The lowest BCUT2D eigenvalue weighted by Gasteiger charge is -2.41. The molecular formula is C6H3F9O6. The summed E-state index contributed by atoms with van der Waals surface area (Å²) >= 11 is 0. The summed E-state index contributed by atoms with van der Waals surface area (Å²) < 4.78 is 112. The first-order valence-electron chi connectivity index (χ1n) is 4.16. The van der Waals surface area contributed by atoms with Crippen molar-refractivity contribution < 1.29 is 69.8 Å². The largest absolute Gasteiger partial charge is 0.418 e. The maximum Gasteiger partial charge on any atom is 0.418 e. The van der Waals surface area contributed by atoms with Gasteiger partial charge in [0.05, 0.1) is 0 Å². The summed E-state index contributed by atoms with van der Waals surface area (Å²) in [5.74, 6) is -26.6. The van der Waals surface area contributed by atoms with Gasteiger partial charge in [0.1, 0.15) is 0 Å². The number of halogens is 9. The second-order valence-corrected chi connectivity index (χ2v) is 3.40. The van der Waals surface area contributed by atoms with Crippen LogP contribution in [0.1, 0.15) is 0 Å². The van der Waals surface area contributed by atoms with Crippen LogP contribution in [0.15, 0.2) is 0 Å². The van der Waals surface area contributed by atoms with Crippen molar-refractivity contribution in [3.8, 4) is 0 Å². The van der Waals surface area contributed by atoms with E-state index in [-0.39, 0.29) is 0 Å². The van der Waals surface area contributed by atoms with Crippen LogP contribution in [0.5, 0.6) is 0 Å². The Morgan fingerprint density at radius 1 is 0.810 bits per heavy atom. The van der Waals surface area contributed by atoms with Crippen LogP contribution >= 0.6 is 0 Å². The fourth-order valence-corrected chi connectivity index (χ4v) is 0.932. The predicted octanol–water partition coefficient (Wildman–Crippen LogP) is 0.518. The molecule has 0 aromatic heterocycles. The number of rotatable bonds is 7. The van der Waals surface area contributed by atoms with Gasteiger partial charge in [-0.25, -0.2) is 0 Å². The molecule has 4 atom stereocenters. The highest BCUT2D eigenvalue weighted by Crippen LogP contribution is 2.52. The quantitative estimate of drug-likeness (QED) is 0.461. The first-order chi connectivity index (χ1) is 9.06. The van der Waals surface area contributed by atoms with E-state index >= 15 is 0 Å². The van der Waals surface area contributed by atoms with Gasteiger partial charge in [0.15, 0.2) is 0 Å². The van der Waals surface area contributed by atoms with E-state index in [0.717, 1.165) is 0 Å². The summed E-state index contributed by atoms with van der Waals surface area (Å²) in [5, 5.41) is 24.1. The van der Waals surface area contributed by atoms with Crippen molar-refractivity contribution in [2.24, 2.45) is 0 Å². The topological polar surface area (TPSA) is 96.2 Å². The number of carbonyl (C=O) groups is 1. The Hall–Kier alpha value is -1.16. The van der Waals surface area contributed by atoms with Crippen LogP contribution in [0, 0.1) is 0 Å². The van der Waals surface area contributed by atoms with E-state index in [1.165, 1.54) is 9.88 Å². The molecule has 0 unspecified atom stereocenters. The van der Waals surface area contributed by atoms with Crippen molar-refractivity contribution in [3.63, 3.8) is 0 Å². The van der Waals surface area contributed by atoms with E-state index < -0.39 is 35.6 Å². The number of hydrogen-bond donors (Lipinski definition) is 3. The average Bonchev–Trinajstić information content (AvgIpc) is 2.34. The molecule has 0 aliphatic carbocycles. The molecule has 0 fully saturated rings. The monoisotopic (exact) mass is 342 g/mol. The van der Waals surface area contributed by atoms with Crippen molar-refractivity contribution in [1.82, 2.24) is 0 Å². The SMILES string of the molecule is O=C(F)[C@](F)(OF)[C@@](F)(OF)[C@@](O)(F)[C@@](O)(F)C(O)(F)F. The normalized spacial score (nSPS) is 24.4. The Morgan fingerprint density at radius 2 is 1.19 bits per heavy atom. The summed E-state index contributed by atoms with van der Waals surface area (Å²) in [6.07, 6.45) is -6.51. The number of aliphatic hydroxyl groups is 3. The summed E-state index contributed by atoms with van der Waals surface area (Å²) in [6, 6.07) is -4.18. The highest BCUT2D eigenvalue weighted by molar-refractivity contribution is 5.78. The molecular weight excluding hydrogens is 339 g/mol. The van der Waals surface area contributed by atoms with Crippen LogP contribution in [0.3, 0.4) is 0 Å². The lowest BCUT2D eigenvalue weighted by atomic mass is 9.93. The van der Waals surface area contributed by atoms with Crippen molar-refractivity contribution in [3.05, 3.63) is 0 Å². The van der Waals surface area contributed by atoms with Gasteiger partial charge < -0.3 is 15.3 Å². The zero-order valence-electron chi connectivity index (χ0n) is 8.97. The fraction of sp³-hybridized carbons (Fsp3) is 0.833. The molecule has 3 N–H and O–H groups in total. The van der Waals surface area contributed by atoms with Crippen LogP contribution < -0.4 is 0 Å². The molecule has 0 aliphatic rings. The zero-order chi connectivity index (χ0) is 17.5. The maximum atomic E-state index is 13.4. The average molecular weight is 342 g/mol. The van der Waals surface area contributed by atoms with E-state index in [9.17, 15) is 44.6 Å². The molecule has 0 aromatic carbocycles. The minimum atomic E-state index is -6.82. The lowest BCUT2D eigenvalue weighted by molar-refractivity contribution is -0.531. The number of alkyl halides is 6. The minimum absolute atomic E-state index is 1.46. The third kappa shape index (κ3) is 2.44. The molecule has 0 saturated heterocycles. The maximum absolute atomic E-state index is 13.4. The third-order valence-corrected chi connectivity index (χ3v) is 2.14.